The number of carbonyl (C=O) groups excluding carboxylic acids is 1. The van der Waals surface area contributed by atoms with E-state index >= 15 is 0 Å². The summed E-state index contributed by atoms with van der Waals surface area (Å²) in [4.78, 5) is 14.5. The summed E-state index contributed by atoms with van der Waals surface area (Å²) in [6, 6.07) is 5.85. The van der Waals surface area contributed by atoms with Gasteiger partial charge in [-0.15, -0.1) is 0 Å². The average Bonchev–Trinajstić information content (AvgIpc) is 2.47. The molecule has 1 aliphatic rings. The van der Waals surface area contributed by atoms with Gasteiger partial charge in [0.05, 0.1) is 18.3 Å². The van der Waals surface area contributed by atoms with E-state index in [1.165, 1.54) is 0 Å². The number of hydrogen-bond acceptors (Lipinski definition) is 2. The summed E-state index contributed by atoms with van der Waals surface area (Å²) < 4.78 is 7.65. The van der Waals surface area contributed by atoms with Crippen LogP contribution in [0.5, 0.6) is 0 Å². The highest BCUT2D eigenvalue weighted by molar-refractivity contribution is 14.1. The summed E-state index contributed by atoms with van der Waals surface area (Å²) in [6.45, 7) is 2.27. The number of nitrogens with zero attached hydrogens (tertiary/aromatic N) is 1. The van der Waals surface area contributed by atoms with E-state index < -0.39 is 0 Å². The zero-order valence-electron chi connectivity index (χ0n) is 10.9. The van der Waals surface area contributed by atoms with Gasteiger partial charge in [0.1, 0.15) is 0 Å². The van der Waals surface area contributed by atoms with Crippen LogP contribution in [0, 0.1) is 3.57 Å². The molecule has 1 heterocycles. The van der Waals surface area contributed by atoms with Crippen LogP contribution in [0.2, 0.25) is 0 Å². The highest BCUT2D eigenvalue weighted by Gasteiger charge is 2.25. The number of carbonyl (C=O) groups is 1. The molecule has 0 atom stereocenters. The van der Waals surface area contributed by atoms with Crippen molar-refractivity contribution < 1.29 is 9.53 Å². The molecule has 1 aromatic rings. The van der Waals surface area contributed by atoms with E-state index in [-0.39, 0.29) is 12.0 Å². The van der Waals surface area contributed by atoms with E-state index in [2.05, 4.69) is 54.5 Å². The van der Waals surface area contributed by atoms with Crippen molar-refractivity contribution in [2.45, 2.75) is 18.9 Å². The van der Waals surface area contributed by atoms with Gasteiger partial charge in [0.2, 0.25) is 0 Å². The molecule has 0 saturated carbocycles. The standard InChI is InChI=1S/C14H16Br2INO2/c15-5-8-20-11-3-6-18(7-4-11)14(19)12-9-10(17)1-2-13(12)16/h1-2,9,11H,3-8H2. The van der Waals surface area contributed by atoms with E-state index in [1.807, 2.05) is 23.1 Å². The third-order valence-corrected chi connectivity index (χ3v) is 5.00. The van der Waals surface area contributed by atoms with Gasteiger partial charge < -0.3 is 9.64 Å². The van der Waals surface area contributed by atoms with Crippen LogP contribution in [0.25, 0.3) is 0 Å². The summed E-state index contributed by atoms with van der Waals surface area (Å²) in [7, 11) is 0. The molecule has 1 amide bonds. The minimum atomic E-state index is 0.106. The molecule has 20 heavy (non-hydrogen) atoms. The molecule has 0 aliphatic carbocycles. The number of likely N-dealkylation sites (tertiary alicyclic amines) is 1. The predicted octanol–water partition coefficient (Wildman–Crippen LogP) is 4.07. The number of rotatable bonds is 4. The highest BCUT2D eigenvalue weighted by Crippen LogP contribution is 2.23. The SMILES string of the molecule is O=C(c1cc(I)ccc1Br)N1CCC(OCCBr)CC1. The van der Waals surface area contributed by atoms with Crippen molar-refractivity contribution in [3.8, 4) is 0 Å². The quantitative estimate of drug-likeness (QED) is 0.446. The minimum absolute atomic E-state index is 0.106. The van der Waals surface area contributed by atoms with E-state index in [9.17, 15) is 4.79 Å². The van der Waals surface area contributed by atoms with Gasteiger partial charge in [-0.05, 0) is 69.6 Å². The Kier molecular flexibility index (Phi) is 6.77. The maximum atomic E-state index is 12.5. The van der Waals surface area contributed by atoms with E-state index in [4.69, 9.17) is 4.74 Å². The molecule has 1 fully saturated rings. The Morgan fingerprint density at radius 1 is 1.40 bits per heavy atom. The second kappa shape index (κ2) is 8.10. The molecule has 0 spiro atoms. The molecular weight excluding hydrogens is 501 g/mol. The van der Waals surface area contributed by atoms with Crippen LogP contribution in [0.1, 0.15) is 23.2 Å². The van der Waals surface area contributed by atoms with Crippen LogP contribution in [0.4, 0.5) is 0 Å². The Hall–Kier alpha value is 0.340. The first kappa shape index (κ1) is 16.7. The van der Waals surface area contributed by atoms with Crippen LogP contribution < -0.4 is 0 Å². The lowest BCUT2D eigenvalue weighted by molar-refractivity contribution is 0.0159. The van der Waals surface area contributed by atoms with Crippen molar-refractivity contribution in [1.82, 2.24) is 4.90 Å². The van der Waals surface area contributed by atoms with Gasteiger partial charge in [-0.25, -0.2) is 0 Å². The maximum absolute atomic E-state index is 12.5. The van der Waals surface area contributed by atoms with Crippen molar-refractivity contribution in [2.75, 3.05) is 25.0 Å². The zero-order valence-corrected chi connectivity index (χ0v) is 16.3. The third-order valence-electron chi connectivity index (χ3n) is 3.32. The first-order chi connectivity index (χ1) is 9.61. The summed E-state index contributed by atoms with van der Waals surface area (Å²) in [5, 5.41) is 0.863. The molecule has 0 N–H and O–H groups in total. The highest BCUT2D eigenvalue weighted by atomic mass is 127. The molecular formula is C14H16Br2INO2. The third kappa shape index (κ3) is 4.42. The Morgan fingerprint density at radius 2 is 2.10 bits per heavy atom. The monoisotopic (exact) mass is 515 g/mol. The smallest absolute Gasteiger partial charge is 0.255 e. The largest absolute Gasteiger partial charge is 0.377 e. The fourth-order valence-electron chi connectivity index (χ4n) is 2.27. The predicted molar refractivity (Wildman–Crippen MR) is 95.5 cm³/mol. The molecule has 0 bridgehead atoms. The second-order valence-corrected chi connectivity index (χ2v) is 7.57. The summed E-state index contributed by atoms with van der Waals surface area (Å²) in [5.41, 5.74) is 0.747. The maximum Gasteiger partial charge on any atom is 0.255 e. The molecule has 0 radical (unpaired) electrons. The number of benzene rings is 1. The molecule has 0 unspecified atom stereocenters. The fourth-order valence-corrected chi connectivity index (χ4v) is 3.36. The van der Waals surface area contributed by atoms with Gasteiger partial charge in [0.25, 0.3) is 5.91 Å². The molecule has 1 aromatic carbocycles. The van der Waals surface area contributed by atoms with Gasteiger partial charge >= 0.3 is 0 Å². The van der Waals surface area contributed by atoms with Crippen molar-refractivity contribution >= 4 is 60.4 Å². The summed E-state index contributed by atoms with van der Waals surface area (Å²) in [6.07, 6.45) is 2.12. The molecule has 2 rings (SSSR count). The fraction of sp³-hybridized carbons (Fsp3) is 0.500. The van der Waals surface area contributed by atoms with Crippen LogP contribution in [0.3, 0.4) is 0 Å². The van der Waals surface area contributed by atoms with E-state index in [1.54, 1.807) is 0 Å². The number of amides is 1. The number of piperidine rings is 1. The Bertz CT molecular complexity index is 476. The van der Waals surface area contributed by atoms with Crippen molar-refractivity contribution in [2.24, 2.45) is 0 Å². The zero-order chi connectivity index (χ0) is 14.5. The molecule has 1 saturated heterocycles. The van der Waals surface area contributed by atoms with Gasteiger partial charge in [-0.3, -0.25) is 4.79 Å². The van der Waals surface area contributed by atoms with Gasteiger partial charge in [0, 0.05) is 26.5 Å². The van der Waals surface area contributed by atoms with Crippen LogP contribution in [-0.4, -0.2) is 41.9 Å². The second-order valence-electron chi connectivity index (χ2n) is 4.68. The summed E-state index contributed by atoms with van der Waals surface area (Å²) >= 11 is 9.05. The lowest BCUT2D eigenvalue weighted by atomic mass is 10.1. The van der Waals surface area contributed by atoms with Gasteiger partial charge in [0.15, 0.2) is 0 Å². The number of halogens is 3. The van der Waals surface area contributed by atoms with Crippen LogP contribution >= 0.6 is 54.5 Å². The number of hydrogen-bond donors (Lipinski definition) is 0. The lowest BCUT2D eigenvalue weighted by Crippen LogP contribution is -2.41. The normalized spacial score (nSPS) is 16.4. The summed E-state index contributed by atoms with van der Waals surface area (Å²) in [5.74, 6) is 0.106. The van der Waals surface area contributed by atoms with Crippen molar-refractivity contribution in [1.29, 1.82) is 0 Å². The van der Waals surface area contributed by atoms with Crippen molar-refractivity contribution in [3.63, 3.8) is 0 Å². The minimum Gasteiger partial charge on any atom is -0.377 e. The van der Waals surface area contributed by atoms with Crippen LogP contribution in [-0.2, 0) is 4.74 Å². The Balaban J connectivity index is 1.96. The number of ether oxygens (including phenoxy) is 1. The first-order valence-electron chi connectivity index (χ1n) is 6.53. The Morgan fingerprint density at radius 3 is 2.75 bits per heavy atom. The average molecular weight is 517 g/mol. The Labute approximate surface area is 149 Å². The van der Waals surface area contributed by atoms with Crippen molar-refractivity contribution in [3.05, 3.63) is 31.8 Å². The van der Waals surface area contributed by atoms with E-state index in [0.29, 0.717) is 0 Å². The van der Waals surface area contributed by atoms with Gasteiger partial charge in [-0.1, -0.05) is 15.9 Å². The number of alkyl halides is 1. The molecule has 6 heteroatoms. The first-order valence-corrected chi connectivity index (χ1v) is 9.53. The molecule has 110 valence electrons. The van der Waals surface area contributed by atoms with E-state index in [0.717, 1.165) is 51.5 Å². The molecule has 0 aromatic heterocycles. The lowest BCUT2D eigenvalue weighted by Gasteiger charge is -2.32. The molecule has 1 aliphatic heterocycles. The topological polar surface area (TPSA) is 29.5 Å². The molecule has 3 nitrogen and oxygen atoms in total. The van der Waals surface area contributed by atoms with Gasteiger partial charge in [-0.2, -0.15) is 0 Å². The van der Waals surface area contributed by atoms with Crippen LogP contribution in [0.15, 0.2) is 22.7 Å².